The summed E-state index contributed by atoms with van der Waals surface area (Å²) in [5.41, 5.74) is 10.9. The number of pyridine rings is 1. The van der Waals surface area contributed by atoms with Crippen molar-refractivity contribution in [2.24, 2.45) is 0 Å². The van der Waals surface area contributed by atoms with E-state index in [4.69, 9.17) is 5.73 Å². The van der Waals surface area contributed by atoms with E-state index in [2.05, 4.69) is 46.4 Å². The predicted octanol–water partition coefficient (Wildman–Crippen LogP) is 3.28. The number of aryl methyl sites for hydroxylation is 1. The summed E-state index contributed by atoms with van der Waals surface area (Å²) in [6.07, 6.45) is 2.78. The molecule has 4 nitrogen and oxygen atoms in total. The van der Waals surface area contributed by atoms with E-state index in [1.807, 2.05) is 18.2 Å². The number of nitrogens with zero attached hydrogens (tertiary/aromatic N) is 2. The molecule has 0 saturated carbocycles. The highest BCUT2D eigenvalue weighted by molar-refractivity contribution is 5.86. The van der Waals surface area contributed by atoms with E-state index in [0.29, 0.717) is 5.82 Å². The summed E-state index contributed by atoms with van der Waals surface area (Å²) < 4.78 is 0. The first-order valence-electron chi connectivity index (χ1n) is 6.64. The standard InChI is InChI=1S/C16H16N4/c1-2-11-6-8-12(9-7-11)15-14(16(17)20-19-15)13-5-3-4-10-18-13/h3-10H,2H2,1H3,(H3,17,19,20). The lowest BCUT2D eigenvalue weighted by atomic mass is 10.0. The second-order valence-corrected chi connectivity index (χ2v) is 4.62. The van der Waals surface area contributed by atoms with Crippen molar-refractivity contribution in [2.45, 2.75) is 13.3 Å². The van der Waals surface area contributed by atoms with Crippen molar-refractivity contribution in [2.75, 3.05) is 5.73 Å². The number of aromatic nitrogens is 3. The molecule has 0 fully saturated rings. The molecular formula is C16H16N4. The zero-order chi connectivity index (χ0) is 13.9. The highest BCUT2D eigenvalue weighted by atomic mass is 15.2. The van der Waals surface area contributed by atoms with E-state index >= 15 is 0 Å². The van der Waals surface area contributed by atoms with Crippen LogP contribution in [0.4, 0.5) is 5.82 Å². The van der Waals surface area contributed by atoms with Gasteiger partial charge in [0.25, 0.3) is 0 Å². The molecule has 0 aliphatic rings. The third-order valence-corrected chi connectivity index (χ3v) is 3.37. The number of hydrogen-bond acceptors (Lipinski definition) is 3. The zero-order valence-electron chi connectivity index (χ0n) is 11.3. The van der Waals surface area contributed by atoms with Gasteiger partial charge < -0.3 is 5.73 Å². The number of aromatic amines is 1. The van der Waals surface area contributed by atoms with Gasteiger partial charge in [0.2, 0.25) is 0 Å². The molecule has 0 aliphatic carbocycles. The highest BCUT2D eigenvalue weighted by Gasteiger charge is 2.15. The molecule has 4 heteroatoms. The van der Waals surface area contributed by atoms with Crippen molar-refractivity contribution in [1.82, 2.24) is 15.2 Å². The lowest BCUT2D eigenvalue weighted by Crippen LogP contribution is -1.90. The Morgan fingerprint density at radius 1 is 1.10 bits per heavy atom. The fourth-order valence-electron chi connectivity index (χ4n) is 2.24. The molecule has 3 aromatic rings. The molecule has 0 radical (unpaired) electrons. The molecule has 3 rings (SSSR count). The van der Waals surface area contributed by atoms with E-state index in [0.717, 1.165) is 28.9 Å². The summed E-state index contributed by atoms with van der Waals surface area (Å²) in [4.78, 5) is 4.36. The van der Waals surface area contributed by atoms with Crippen LogP contribution >= 0.6 is 0 Å². The van der Waals surface area contributed by atoms with E-state index in [1.54, 1.807) is 6.20 Å². The minimum Gasteiger partial charge on any atom is -0.382 e. The maximum Gasteiger partial charge on any atom is 0.155 e. The summed E-state index contributed by atoms with van der Waals surface area (Å²) in [6.45, 7) is 2.14. The van der Waals surface area contributed by atoms with Gasteiger partial charge in [0.05, 0.1) is 17.0 Å². The van der Waals surface area contributed by atoms with Gasteiger partial charge in [-0.3, -0.25) is 10.1 Å². The van der Waals surface area contributed by atoms with Crippen LogP contribution in [-0.4, -0.2) is 15.2 Å². The maximum absolute atomic E-state index is 5.98. The van der Waals surface area contributed by atoms with Gasteiger partial charge in [-0.2, -0.15) is 5.10 Å². The van der Waals surface area contributed by atoms with E-state index in [1.165, 1.54) is 5.56 Å². The summed E-state index contributed by atoms with van der Waals surface area (Å²) >= 11 is 0. The SMILES string of the molecule is CCc1ccc(-c2[nH]nc(N)c2-c2ccccn2)cc1. The van der Waals surface area contributed by atoms with Crippen LogP contribution in [0, 0.1) is 0 Å². The maximum atomic E-state index is 5.98. The van der Waals surface area contributed by atoms with Gasteiger partial charge in [-0.1, -0.05) is 37.3 Å². The van der Waals surface area contributed by atoms with Crippen LogP contribution in [0.15, 0.2) is 48.7 Å². The normalized spacial score (nSPS) is 10.7. The Morgan fingerprint density at radius 3 is 2.55 bits per heavy atom. The van der Waals surface area contributed by atoms with Crippen LogP contribution in [0.25, 0.3) is 22.5 Å². The van der Waals surface area contributed by atoms with Gasteiger partial charge in [-0.25, -0.2) is 0 Å². The second kappa shape index (κ2) is 5.17. The smallest absolute Gasteiger partial charge is 0.155 e. The molecule has 0 unspecified atom stereocenters. The minimum atomic E-state index is 0.471. The molecule has 100 valence electrons. The summed E-state index contributed by atoms with van der Waals surface area (Å²) in [6, 6.07) is 14.2. The fourth-order valence-corrected chi connectivity index (χ4v) is 2.24. The zero-order valence-corrected chi connectivity index (χ0v) is 11.3. The third-order valence-electron chi connectivity index (χ3n) is 3.37. The van der Waals surface area contributed by atoms with E-state index in [9.17, 15) is 0 Å². The first kappa shape index (κ1) is 12.4. The van der Waals surface area contributed by atoms with Crippen molar-refractivity contribution >= 4 is 5.82 Å². The van der Waals surface area contributed by atoms with Crippen LogP contribution in [0.3, 0.4) is 0 Å². The molecule has 0 spiro atoms. The quantitative estimate of drug-likeness (QED) is 0.762. The number of benzene rings is 1. The Morgan fingerprint density at radius 2 is 1.90 bits per heavy atom. The first-order valence-corrected chi connectivity index (χ1v) is 6.64. The molecular weight excluding hydrogens is 248 g/mol. The summed E-state index contributed by atoms with van der Waals surface area (Å²) in [5.74, 6) is 0.471. The van der Waals surface area contributed by atoms with Gasteiger partial charge in [-0.05, 0) is 24.1 Å². The van der Waals surface area contributed by atoms with Crippen LogP contribution in [0.1, 0.15) is 12.5 Å². The van der Waals surface area contributed by atoms with Crippen molar-refractivity contribution in [1.29, 1.82) is 0 Å². The Hall–Kier alpha value is -2.62. The van der Waals surface area contributed by atoms with Crippen molar-refractivity contribution in [3.8, 4) is 22.5 Å². The van der Waals surface area contributed by atoms with E-state index in [-0.39, 0.29) is 0 Å². The highest BCUT2D eigenvalue weighted by Crippen LogP contribution is 2.33. The van der Waals surface area contributed by atoms with Crippen molar-refractivity contribution in [3.63, 3.8) is 0 Å². The molecule has 2 heterocycles. The number of hydrogen-bond donors (Lipinski definition) is 2. The average molecular weight is 264 g/mol. The molecule has 0 atom stereocenters. The third kappa shape index (κ3) is 2.16. The first-order chi connectivity index (χ1) is 9.79. The largest absolute Gasteiger partial charge is 0.382 e. The number of nitrogen functional groups attached to an aromatic ring is 1. The van der Waals surface area contributed by atoms with Gasteiger partial charge in [0.15, 0.2) is 5.82 Å². The Kier molecular flexibility index (Phi) is 3.21. The number of anilines is 1. The van der Waals surface area contributed by atoms with Crippen LogP contribution in [0.2, 0.25) is 0 Å². The Balaban J connectivity index is 2.11. The second-order valence-electron chi connectivity index (χ2n) is 4.62. The van der Waals surface area contributed by atoms with Crippen molar-refractivity contribution < 1.29 is 0 Å². The van der Waals surface area contributed by atoms with Gasteiger partial charge in [0, 0.05) is 11.8 Å². The Bertz CT molecular complexity index is 699. The number of nitrogens with two attached hydrogens (primary N) is 1. The molecule has 2 aromatic heterocycles. The lowest BCUT2D eigenvalue weighted by Gasteiger charge is -2.05. The number of H-pyrrole nitrogens is 1. The molecule has 0 amide bonds. The Labute approximate surface area is 117 Å². The molecule has 3 N–H and O–H groups in total. The van der Waals surface area contributed by atoms with E-state index < -0.39 is 0 Å². The molecule has 0 aliphatic heterocycles. The van der Waals surface area contributed by atoms with Gasteiger partial charge >= 0.3 is 0 Å². The van der Waals surface area contributed by atoms with Crippen LogP contribution in [-0.2, 0) is 6.42 Å². The van der Waals surface area contributed by atoms with Crippen molar-refractivity contribution in [3.05, 3.63) is 54.2 Å². The minimum absolute atomic E-state index is 0.471. The predicted molar refractivity (Wildman–Crippen MR) is 81.0 cm³/mol. The van der Waals surface area contributed by atoms with Gasteiger partial charge in [0.1, 0.15) is 0 Å². The number of nitrogens with one attached hydrogen (secondary N) is 1. The summed E-state index contributed by atoms with van der Waals surface area (Å²) in [7, 11) is 0. The monoisotopic (exact) mass is 264 g/mol. The van der Waals surface area contributed by atoms with Gasteiger partial charge in [-0.15, -0.1) is 0 Å². The molecule has 0 bridgehead atoms. The van der Waals surface area contributed by atoms with Crippen LogP contribution < -0.4 is 5.73 Å². The summed E-state index contributed by atoms with van der Waals surface area (Å²) in [5, 5.41) is 7.14. The fraction of sp³-hybridized carbons (Fsp3) is 0.125. The molecule has 1 aromatic carbocycles. The lowest BCUT2D eigenvalue weighted by molar-refractivity contribution is 1.10. The molecule has 20 heavy (non-hydrogen) atoms. The number of rotatable bonds is 3. The topological polar surface area (TPSA) is 67.6 Å². The average Bonchev–Trinajstić information content (AvgIpc) is 2.90. The molecule has 0 saturated heterocycles. The van der Waals surface area contributed by atoms with Crippen LogP contribution in [0.5, 0.6) is 0 Å².